The lowest BCUT2D eigenvalue weighted by molar-refractivity contribution is -0.137. The first-order valence-electron chi connectivity index (χ1n) is 9.18. The zero-order chi connectivity index (χ0) is 22.2. The lowest BCUT2D eigenvalue weighted by Crippen LogP contribution is -2.36. The van der Waals surface area contributed by atoms with Gasteiger partial charge in [-0.05, 0) is 55.0 Å². The van der Waals surface area contributed by atoms with Gasteiger partial charge in [0.2, 0.25) is 10.0 Å². The average Bonchev–Trinajstić information content (AvgIpc) is 2.74. The number of alkyl halides is 3. The molecule has 0 bridgehead atoms. The van der Waals surface area contributed by atoms with Gasteiger partial charge < -0.3 is 10.5 Å². The maximum atomic E-state index is 13.0. The van der Waals surface area contributed by atoms with Gasteiger partial charge in [-0.2, -0.15) is 17.5 Å². The summed E-state index contributed by atoms with van der Waals surface area (Å²) in [4.78, 5) is 8.13. The first kappa shape index (κ1) is 21.1. The minimum Gasteiger partial charge on any atom is -0.457 e. The number of fused-ring (bicyclic) bond motifs is 1. The molecule has 0 atom stereocenters. The van der Waals surface area contributed by atoms with E-state index in [1.807, 2.05) is 0 Å². The van der Waals surface area contributed by atoms with Crippen molar-refractivity contribution in [3.05, 3.63) is 71.7 Å². The fourth-order valence-corrected chi connectivity index (χ4v) is 4.64. The highest BCUT2D eigenvalue weighted by Gasteiger charge is 2.31. The van der Waals surface area contributed by atoms with Crippen LogP contribution in [0, 0.1) is 0 Å². The van der Waals surface area contributed by atoms with Crippen molar-refractivity contribution in [2.24, 2.45) is 0 Å². The van der Waals surface area contributed by atoms with Crippen LogP contribution in [0.25, 0.3) is 0 Å². The lowest BCUT2D eigenvalue weighted by Gasteiger charge is -2.27. The highest BCUT2D eigenvalue weighted by Crippen LogP contribution is 2.32. The Morgan fingerprint density at radius 3 is 2.19 bits per heavy atom. The Labute approximate surface area is 176 Å². The lowest BCUT2D eigenvalue weighted by atomic mass is 10.1. The number of ether oxygens (including phenoxy) is 1. The minimum absolute atomic E-state index is 0.0674. The number of hydrogen-bond acceptors (Lipinski definition) is 6. The molecule has 0 radical (unpaired) electrons. The van der Waals surface area contributed by atoms with E-state index in [1.54, 1.807) is 0 Å². The second-order valence-electron chi connectivity index (χ2n) is 6.87. The van der Waals surface area contributed by atoms with E-state index in [-0.39, 0.29) is 23.7 Å². The van der Waals surface area contributed by atoms with E-state index in [0.717, 1.165) is 17.7 Å². The molecule has 0 amide bonds. The molecule has 0 fully saturated rings. The predicted octanol–water partition coefficient (Wildman–Crippen LogP) is 3.62. The van der Waals surface area contributed by atoms with Crippen LogP contribution in [0.2, 0.25) is 0 Å². The Balaban J connectivity index is 1.48. The van der Waals surface area contributed by atoms with Crippen molar-refractivity contribution >= 4 is 15.8 Å². The highest BCUT2D eigenvalue weighted by atomic mass is 32.2. The van der Waals surface area contributed by atoms with Crippen molar-refractivity contribution in [1.82, 2.24) is 14.3 Å². The van der Waals surface area contributed by atoms with Crippen LogP contribution < -0.4 is 10.5 Å². The van der Waals surface area contributed by atoms with Gasteiger partial charge in [0.15, 0.2) is 0 Å². The Morgan fingerprint density at radius 2 is 1.58 bits per heavy atom. The van der Waals surface area contributed by atoms with Gasteiger partial charge in [0, 0.05) is 12.1 Å². The predicted molar refractivity (Wildman–Crippen MR) is 106 cm³/mol. The number of hydrogen-bond donors (Lipinski definition) is 1. The van der Waals surface area contributed by atoms with Gasteiger partial charge in [0.1, 0.15) is 23.6 Å². The topological polar surface area (TPSA) is 98.4 Å². The maximum absolute atomic E-state index is 13.0. The summed E-state index contributed by atoms with van der Waals surface area (Å²) >= 11 is 0. The van der Waals surface area contributed by atoms with Gasteiger partial charge in [-0.3, -0.25) is 0 Å². The molecule has 1 aliphatic rings. The van der Waals surface area contributed by atoms with E-state index >= 15 is 0 Å². The summed E-state index contributed by atoms with van der Waals surface area (Å²) in [5, 5.41) is 0. The summed E-state index contributed by atoms with van der Waals surface area (Å²) in [7, 11) is -3.78. The van der Waals surface area contributed by atoms with E-state index in [0.29, 0.717) is 23.7 Å². The number of aromatic nitrogens is 2. The number of nitrogen functional groups attached to an aromatic ring is 1. The maximum Gasteiger partial charge on any atom is 0.416 e. The van der Waals surface area contributed by atoms with Gasteiger partial charge in [-0.15, -0.1) is 0 Å². The fraction of sp³-hybridized carbons (Fsp3) is 0.200. The summed E-state index contributed by atoms with van der Waals surface area (Å²) in [6.45, 7) is 0.338. The zero-order valence-corrected chi connectivity index (χ0v) is 16.8. The van der Waals surface area contributed by atoms with Crippen LogP contribution in [-0.2, 0) is 29.2 Å². The molecule has 0 unspecified atom stereocenters. The molecule has 162 valence electrons. The normalized spacial score (nSPS) is 14.8. The second-order valence-corrected chi connectivity index (χ2v) is 8.81. The molecule has 1 aliphatic heterocycles. The molecule has 11 heteroatoms. The Hall–Kier alpha value is -3.18. The van der Waals surface area contributed by atoms with E-state index in [9.17, 15) is 21.6 Å². The molecule has 1 aromatic heterocycles. The van der Waals surface area contributed by atoms with Gasteiger partial charge in [0.05, 0.1) is 22.7 Å². The largest absolute Gasteiger partial charge is 0.457 e. The molecular formula is C20H17F3N4O3S. The molecule has 0 aliphatic carbocycles. The van der Waals surface area contributed by atoms with Crippen molar-refractivity contribution < 1.29 is 26.3 Å². The number of nitrogens with zero attached hydrogens (tertiary/aromatic N) is 3. The number of nitrogens with two attached hydrogens (primary N) is 1. The van der Waals surface area contributed by atoms with Crippen LogP contribution in [0.15, 0.2) is 59.8 Å². The van der Waals surface area contributed by atoms with Crippen LogP contribution in [0.3, 0.4) is 0 Å². The SMILES string of the molecule is Nc1ncnc2c1CCN(S(=O)(=O)c1ccc(Oc3ccc(C(F)(F)F)cc3)cc1)C2. The van der Waals surface area contributed by atoms with Crippen LogP contribution in [0.4, 0.5) is 19.0 Å². The smallest absolute Gasteiger partial charge is 0.416 e. The monoisotopic (exact) mass is 450 g/mol. The molecule has 0 spiro atoms. The molecule has 2 heterocycles. The summed E-state index contributed by atoms with van der Waals surface area (Å²) in [5.74, 6) is 0.851. The third-order valence-electron chi connectivity index (χ3n) is 4.88. The van der Waals surface area contributed by atoms with Crippen LogP contribution in [0.1, 0.15) is 16.8 Å². The Kier molecular flexibility index (Phi) is 5.31. The van der Waals surface area contributed by atoms with Crippen LogP contribution in [-0.4, -0.2) is 29.2 Å². The molecule has 31 heavy (non-hydrogen) atoms. The second kappa shape index (κ2) is 7.82. The van der Waals surface area contributed by atoms with E-state index in [2.05, 4.69) is 9.97 Å². The van der Waals surface area contributed by atoms with Crippen molar-refractivity contribution in [1.29, 1.82) is 0 Å². The van der Waals surface area contributed by atoms with Gasteiger partial charge >= 0.3 is 6.18 Å². The van der Waals surface area contributed by atoms with Crippen molar-refractivity contribution in [2.75, 3.05) is 12.3 Å². The minimum atomic E-state index is -4.43. The van der Waals surface area contributed by atoms with Crippen LogP contribution in [0.5, 0.6) is 11.5 Å². The first-order chi connectivity index (χ1) is 14.6. The molecule has 3 aromatic rings. The molecular weight excluding hydrogens is 433 g/mol. The quantitative estimate of drug-likeness (QED) is 0.652. The highest BCUT2D eigenvalue weighted by molar-refractivity contribution is 7.89. The summed E-state index contributed by atoms with van der Waals surface area (Å²) in [6, 6.07) is 9.90. The van der Waals surface area contributed by atoms with E-state index in [4.69, 9.17) is 10.5 Å². The van der Waals surface area contributed by atoms with Crippen molar-refractivity contribution in [2.45, 2.75) is 24.0 Å². The number of anilines is 1. The van der Waals surface area contributed by atoms with Crippen LogP contribution >= 0.6 is 0 Å². The fourth-order valence-electron chi connectivity index (χ4n) is 3.24. The zero-order valence-electron chi connectivity index (χ0n) is 16.0. The average molecular weight is 450 g/mol. The van der Waals surface area contributed by atoms with Crippen molar-refractivity contribution in [3.8, 4) is 11.5 Å². The number of benzene rings is 2. The molecule has 0 saturated carbocycles. The van der Waals surface area contributed by atoms with Gasteiger partial charge in [-0.1, -0.05) is 0 Å². The van der Waals surface area contributed by atoms with Gasteiger partial charge in [0.25, 0.3) is 0 Å². The summed E-state index contributed by atoms with van der Waals surface area (Å²) in [6.07, 6.45) is -2.71. The van der Waals surface area contributed by atoms with E-state index in [1.165, 1.54) is 47.0 Å². The number of halogens is 3. The van der Waals surface area contributed by atoms with Crippen molar-refractivity contribution in [3.63, 3.8) is 0 Å². The summed E-state index contributed by atoms with van der Waals surface area (Å²) in [5.41, 5.74) is 6.38. The summed E-state index contributed by atoms with van der Waals surface area (Å²) < 4.78 is 70.7. The molecule has 2 N–H and O–H groups in total. The molecule has 0 saturated heterocycles. The molecule has 2 aromatic carbocycles. The standard InChI is InChI=1S/C20H17F3N4O3S/c21-20(22,23)13-1-3-14(4-2-13)30-15-5-7-16(8-6-15)31(28,29)27-10-9-17-18(11-27)25-12-26-19(17)24/h1-8,12H,9-11H2,(H2,24,25,26). The molecule has 7 nitrogen and oxygen atoms in total. The number of sulfonamides is 1. The third-order valence-corrected chi connectivity index (χ3v) is 6.74. The van der Waals surface area contributed by atoms with E-state index < -0.39 is 21.8 Å². The Morgan fingerprint density at radius 1 is 0.968 bits per heavy atom. The first-order valence-corrected chi connectivity index (χ1v) is 10.6. The third kappa shape index (κ3) is 4.32. The van der Waals surface area contributed by atoms with Gasteiger partial charge in [-0.25, -0.2) is 18.4 Å². The molecule has 4 rings (SSSR count). The Bertz CT molecular complexity index is 1200. The number of rotatable bonds is 4.